The van der Waals surface area contributed by atoms with Gasteiger partial charge in [-0.1, -0.05) is 19.8 Å². The molecule has 0 aromatic heterocycles. The van der Waals surface area contributed by atoms with Crippen molar-refractivity contribution in [2.24, 2.45) is 0 Å². The van der Waals surface area contributed by atoms with E-state index in [1.807, 2.05) is 0 Å². The van der Waals surface area contributed by atoms with Gasteiger partial charge >= 0.3 is 0 Å². The molecule has 1 nitrogen and oxygen atoms in total. The van der Waals surface area contributed by atoms with Gasteiger partial charge < -0.3 is 5.32 Å². The molecular weight excluding hydrogens is 129 g/mol. The molecule has 0 saturated heterocycles. The number of hydrogen-bond acceptors (Lipinski definition) is 1. The van der Waals surface area contributed by atoms with Gasteiger partial charge in [0.05, 0.1) is 6.67 Å². The van der Waals surface area contributed by atoms with E-state index in [9.17, 15) is 4.39 Å². The molecule has 0 radical (unpaired) electrons. The predicted molar refractivity (Wildman–Crippen MR) is 43.0 cm³/mol. The molecule has 0 aromatic carbocycles. The smallest absolute Gasteiger partial charge is 0.0906 e. The lowest BCUT2D eigenvalue weighted by molar-refractivity contribution is 0.457. The fraction of sp³-hybridized carbons (Fsp3) is 1.00. The van der Waals surface area contributed by atoms with E-state index in [-0.39, 0.29) is 6.67 Å². The summed E-state index contributed by atoms with van der Waals surface area (Å²) in [6.07, 6.45) is 4.42. The van der Waals surface area contributed by atoms with Crippen LogP contribution in [0.4, 0.5) is 4.39 Å². The van der Waals surface area contributed by atoms with Crippen molar-refractivity contribution in [1.29, 1.82) is 0 Å². The lowest BCUT2D eigenvalue weighted by atomic mass is 10.2. The molecule has 0 spiro atoms. The first-order valence-corrected chi connectivity index (χ1v) is 4.18. The van der Waals surface area contributed by atoms with Crippen molar-refractivity contribution < 1.29 is 4.39 Å². The lowest BCUT2D eigenvalue weighted by Gasteiger charge is -2.00. The van der Waals surface area contributed by atoms with E-state index in [2.05, 4.69) is 12.2 Å². The van der Waals surface area contributed by atoms with Gasteiger partial charge in [-0.25, -0.2) is 0 Å². The molecule has 0 aromatic rings. The van der Waals surface area contributed by atoms with E-state index in [1.165, 1.54) is 19.3 Å². The normalized spacial score (nSPS) is 10.2. The van der Waals surface area contributed by atoms with E-state index in [0.717, 1.165) is 13.1 Å². The first-order valence-electron chi connectivity index (χ1n) is 4.18. The molecule has 0 unspecified atom stereocenters. The summed E-state index contributed by atoms with van der Waals surface area (Å²) in [5, 5.41) is 3.18. The Morgan fingerprint density at radius 3 is 2.40 bits per heavy atom. The minimum absolute atomic E-state index is 0.194. The second-order valence-corrected chi connectivity index (χ2v) is 2.50. The Morgan fingerprint density at radius 2 is 1.80 bits per heavy atom. The maximum atomic E-state index is 11.5. The highest BCUT2D eigenvalue weighted by atomic mass is 19.1. The molecular formula is C8H18FN. The van der Waals surface area contributed by atoms with Gasteiger partial charge in [-0.15, -0.1) is 0 Å². The zero-order valence-corrected chi connectivity index (χ0v) is 6.83. The van der Waals surface area contributed by atoms with Crippen LogP contribution in [0.2, 0.25) is 0 Å². The molecule has 0 saturated carbocycles. The SMILES string of the molecule is CCCCCNCCCF. The van der Waals surface area contributed by atoms with E-state index in [4.69, 9.17) is 0 Å². The van der Waals surface area contributed by atoms with Crippen LogP contribution in [0.3, 0.4) is 0 Å². The molecule has 0 atom stereocenters. The fourth-order valence-corrected chi connectivity index (χ4v) is 0.817. The van der Waals surface area contributed by atoms with Gasteiger partial charge in [0.15, 0.2) is 0 Å². The maximum Gasteiger partial charge on any atom is 0.0906 e. The molecule has 62 valence electrons. The fourth-order valence-electron chi connectivity index (χ4n) is 0.817. The molecule has 10 heavy (non-hydrogen) atoms. The first kappa shape index (κ1) is 9.89. The summed E-state index contributed by atoms with van der Waals surface area (Å²) < 4.78 is 11.5. The van der Waals surface area contributed by atoms with E-state index in [0.29, 0.717) is 6.42 Å². The van der Waals surface area contributed by atoms with Gasteiger partial charge in [-0.3, -0.25) is 4.39 Å². The summed E-state index contributed by atoms with van der Waals surface area (Å²) in [6, 6.07) is 0. The summed E-state index contributed by atoms with van der Waals surface area (Å²) >= 11 is 0. The van der Waals surface area contributed by atoms with Gasteiger partial charge in [0.2, 0.25) is 0 Å². The summed E-state index contributed by atoms with van der Waals surface area (Å²) in [5.41, 5.74) is 0. The number of rotatable bonds is 7. The van der Waals surface area contributed by atoms with E-state index < -0.39 is 0 Å². The second-order valence-electron chi connectivity index (χ2n) is 2.50. The van der Waals surface area contributed by atoms with Crippen molar-refractivity contribution in [1.82, 2.24) is 5.32 Å². The van der Waals surface area contributed by atoms with E-state index >= 15 is 0 Å². The van der Waals surface area contributed by atoms with Crippen LogP contribution < -0.4 is 5.32 Å². The minimum Gasteiger partial charge on any atom is -0.317 e. The third-order valence-electron chi connectivity index (χ3n) is 1.44. The molecule has 0 amide bonds. The number of halogens is 1. The highest BCUT2D eigenvalue weighted by molar-refractivity contribution is 4.46. The van der Waals surface area contributed by atoms with Crippen LogP contribution in [-0.2, 0) is 0 Å². The summed E-state index contributed by atoms with van der Waals surface area (Å²) in [6.45, 7) is 3.87. The van der Waals surface area contributed by atoms with Crippen LogP contribution in [0, 0.1) is 0 Å². The third-order valence-corrected chi connectivity index (χ3v) is 1.44. The third kappa shape index (κ3) is 7.89. The average Bonchev–Trinajstić information content (AvgIpc) is 1.97. The minimum atomic E-state index is -0.194. The van der Waals surface area contributed by atoms with Crippen molar-refractivity contribution in [3.05, 3.63) is 0 Å². The monoisotopic (exact) mass is 147 g/mol. The van der Waals surface area contributed by atoms with E-state index in [1.54, 1.807) is 0 Å². The summed E-state index contributed by atoms with van der Waals surface area (Å²) in [5.74, 6) is 0. The largest absolute Gasteiger partial charge is 0.317 e. The zero-order valence-electron chi connectivity index (χ0n) is 6.83. The Balaban J connectivity index is 2.65. The molecule has 0 heterocycles. The quantitative estimate of drug-likeness (QED) is 0.544. The first-order chi connectivity index (χ1) is 4.91. The predicted octanol–water partition coefficient (Wildman–Crippen LogP) is 2.13. The molecule has 0 aliphatic heterocycles. The van der Waals surface area contributed by atoms with Crippen LogP contribution >= 0.6 is 0 Å². The standard InChI is InChI=1S/C8H18FN/c1-2-3-4-7-10-8-5-6-9/h10H,2-8H2,1H3. The second kappa shape index (κ2) is 8.89. The molecule has 0 rings (SSSR count). The van der Waals surface area contributed by atoms with Crippen molar-refractivity contribution in [3.63, 3.8) is 0 Å². The molecule has 2 heteroatoms. The Bertz CT molecular complexity index is 49.2. The van der Waals surface area contributed by atoms with Crippen LogP contribution in [0.5, 0.6) is 0 Å². The highest BCUT2D eigenvalue weighted by Gasteiger charge is 1.86. The van der Waals surface area contributed by atoms with Crippen LogP contribution in [0.25, 0.3) is 0 Å². The number of nitrogens with one attached hydrogen (secondary N) is 1. The van der Waals surface area contributed by atoms with Gasteiger partial charge in [-0.05, 0) is 25.9 Å². The number of unbranched alkanes of at least 4 members (excludes halogenated alkanes) is 2. The molecule has 0 fully saturated rings. The van der Waals surface area contributed by atoms with Crippen molar-refractivity contribution in [2.45, 2.75) is 32.6 Å². The summed E-state index contributed by atoms with van der Waals surface area (Å²) in [7, 11) is 0. The highest BCUT2D eigenvalue weighted by Crippen LogP contribution is 1.90. The Labute approximate surface area is 63.0 Å². The summed E-state index contributed by atoms with van der Waals surface area (Å²) in [4.78, 5) is 0. The number of hydrogen-bond donors (Lipinski definition) is 1. The van der Waals surface area contributed by atoms with Gasteiger partial charge in [0.1, 0.15) is 0 Å². The molecule has 0 bridgehead atoms. The lowest BCUT2D eigenvalue weighted by Crippen LogP contribution is -2.16. The Hall–Kier alpha value is -0.110. The zero-order chi connectivity index (χ0) is 7.66. The average molecular weight is 147 g/mol. The molecule has 0 aliphatic carbocycles. The van der Waals surface area contributed by atoms with Gasteiger partial charge in [-0.2, -0.15) is 0 Å². The molecule has 1 N–H and O–H groups in total. The Kier molecular flexibility index (Phi) is 8.79. The van der Waals surface area contributed by atoms with Crippen molar-refractivity contribution in [2.75, 3.05) is 19.8 Å². The van der Waals surface area contributed by atoms with Crippen molar-refractivity contribution in [3.8, 4) is 0 Å². The van der Waals surface area contributed by atoms with Gasteiger partial charge in [0.25, 0.3) is 0 Å². The van der Waals surface area contributed by atoms with Gasteiger partial charge in [0, 0.05) is 0 Å². The Morgan fingerprint density at radius 1 is 1.10 bits per heavy atom. The number of alkyl halides is 1. The van der Waals surface area contributed by atoms with Crippen LogP contribution in [-0.4, -0.2) is 19.8 Å². The van der Waals surface area contributed by atoms with Crippen LogP contribution in [0.15, 0.2) is 0 Å². The topological polar surface area (TPSA) is 12.0 Å². The van der Waals surface area contributed by atoms with Crippen molar-refractivity contribution >= 4 is 0 Å². The van der Waals surface area contributed by atoms with Crippen LogP contribution in [0.1, 0.15) is 32.6 Å². The maximum absolute atomic E-state index is 11.5. The molecule has 0 aliphatic rings.